The molecule has 1 N–H and O–H groups in total. The molecule has 4 nitrogen and oxygen atoms in total. The highest BCUT2D eigenvalue weighted by Crippen LogP contribution is 2.16. The first-order chi connectivity index (χ1) is 10.6. The lowest BCUT2D eigenvalue weighted by Crippen LogP contribution is -2.17. The lowest BCUT2D eigenvalue weighted by atomic mass is 10.1. The van der Waals surface area contributed by atoms with Crippen LogP contribution in [0.5, 0.6) is 0 Å². The lowest BCUT2D eigenvalue weighted by molar-refractivity contribution is -0.120. The van der Waals surface area contributed by atoms with Crippen molar-refractivity contribution in [3.05, 3.63) is 63.6 Å². The number of nitrogens with zero attached hydrogens (tertiary/aromatic N) is 1. The number of carbonyl (C=O) groups excluding carboxylic acids is 1. The summed E-state index contributed by atoms with van der Waals surface area (Å²) < 4.78 is 0.919. The van der Waals surface area contributed by atoms with Crippen molar-refractivity contribution in [3.8, 4) is 0 Å². The molecule has 0 unspecified atom stereocenters. The molecule has 0 aliphatic heterocycles. The molecule has 2 aromatic rings. The highest BCUT2D eigenvalue weighted by Gasteiger charge is 2.05. The molecule has 0 heterocycles. The number of benzene rings is 2. The molecule has 5 heteroatoms. The van der Waals surface area contributed by atoms with Crippen LogP contribution in [0.4, 0.5) is 5.69 Å². The van der Waals surface area contributed by atoms with E-state index in [1.54, 1.807) is 6.21 Å². The van der Waals surface area contributed by atoms with Crippen LogP contribution in [0.3, 0.4) is 0 Å². The van der Waals surface area contributed by atoms with Crippen molar-refractivity contribution in [1.29, 1.82) is 0 Å². The Hall–Kier alpha value is -2.14. The van der Waals surface area contributed by atoms with Crippen LogP contribution in [0.25, 0.3) is 0 Å². The van der Waals surface area contributed by atoms with E-state index in [2.05, 4.69) is 26.4 Å². The van der Waals surface area contributed by atoms with E-state index in [9.17, 15) is 4.79 Å². The van der Waals surface area contributed by atoms with E-state index >= 15 is 0 Å². The van der Waals surface area contributed by atoms with E-state index < -0.39 is 0 Å². The van der Waals surface area contributed by atoms with Crippen molar-refractivity contribution >= 4 is 33.7 Å². The Bertz CT molecular complexity index is 699. The van der Waals surface area contributed by atoms with Crippen LogP contribution in [-0.2, 0) is 9.63 Å². The molecule has 2 rings (SSSR count). The summed E-state index contributed by atoms with van der Waals surface area (Å²) in [6, 6.07) is 13.5. The minimum absolute atomic E-state index is 0.131. The maximum absolute atomic E-state index is 11.8. The Morgan fingerprint density at radius 1 is 1.27 bits per heavy atom. The standard InChI is InChI=1S/C17H17BrN2O2/c1-12-7-8-13(2)16(9-12)20-17(21)11-22-19-10-14-5-3-4-6-15(14)18/h3-10H,11H2,1-2H3,(H,20,21)/b19-10-. The van der Waals surface area contributed by atoms with Crippen LogP contribution >= 0.6 is 15.9 Å². The minimum atomic E-state index is -0.238. The number of rotatable bonds is 5. The molecule has 0 atom stereocenters. The number of oxime groups is 1. The quantitative estimate of drug-likeness (QED) is 0.645. The van der Waals surface area contributed by atoms with Gasteiger partial charge in [-0.25, -0.2) is 0 Å². The van der Waals surface area contributed by atoms with Crippen LogP contribution < -0.4 is 5.32 Å². The fourth-order valence-electron chi connectivity index (χ4n) is 1.83. The summed E-state index contributed by atoms with van der Waals surface area (Å²) in [5.41, 5.74) is 3.78. The number of amides is 1. The molecule has 1 amide bonds. The minimum Gasteiger partial charge on any atom is -0.386 e. The second-order valence-corrected chi connectivity index (χ2v) is 5.75. The molecule has 0 fully saturated rings. The molecule has 0 spiro atoms. The smallest absolute Gasteiger partial charge is 0.265 e. The summed E-state index contributed by atoms with van der Waals surface area (Å²) >= 11 is 3.41. The summed E-state index contributed by atoms with van der Waals surface area (Å²) in [5, 5.41) is 6.62. The maximum atomic E-state index is 11.8. The maximum Gasteiger partial charge on any atom is 0.265 e. The van der Waals surface area contributed by atoms with Crippen molar-refractivity contribution in [1.82, 2.24) is 0 Å². The van der Waals surface area contributed by atoms with Gasteiger partial charge in [-0.3, -0.25) is 4.79 Å². The fraction of sp³-hybridized carbons (Fsp3) is 0.176. The number of carbonyl (C=O) groups is 1. The molecule has 0 saturated carbocycles. The fourth-order valence-corrected chi connectivity index (χ4v) is 2.21. The third-order valence-corrected chi connectivity index (χ3v) is 3.76. The normalized spacial score (nSPS) is 10.7. The van der Waals surface area contributed by atoms with E-state index in [4.69, 9.17) is 4.84 Å². The number of nitrogens with one attached hydrogen (secondary N) is 1. The van der Waals surface area contributed by atoms with Crippen LogP contribution in [-0.4, -0.2) is 18.7 Å². The number of anilines is 1. The zero-order valence-corrected chi connectivity index (χ0v) is 14.1. The highest BCUT2D eigenvalue weighted by atomic mass is 79.9. The SMILES string of the molecule is Cc1ccc(C)c(NC(=O)CO/N=C\c2ccccc2Br)c1. The van der Waals surface area contributed by atoms with E-state index in [0.717, 1.165) is 26.9 Å². The summed E-state index contributed by atoms with van der Waals surface area (Å²) in [5.74, 6) is -0.238. The van der Waals surface area contributed by atoms with Gasteiger partial charge in [-0.15, -0.1) is 0 Å². The number of halogens is 1. The Kier molecular flexibility index (Phi) is 5.72. The Labute approximate surface area is 138 Å². The van der Waals surface area contributed by atoms with Crippen LogP contribution in [0.2, 0.25) is 0 Å². The van der Waals surface area contributed by atoms with Crippen LogP contribution in [0.15, 0.2) is 52.1 Å². The molecular weight excluding hydrogens is 344 g/mol. The van der Waals surface area contributed by atoms with Gasteiger partial charge in [0.25, 0.3) is 5.91 Å². The van der Waals surface area contributed by atoms with Gasteiger partial charge in [0.2, 0.25) is 0 Å². The van der Waals surface area contributed by atoms with Crippen LogP contribution in [0.1, 0.15) is 16.7 Å². The zero-order chi connectivity index (χ0) is 15.9. The molecule has 2 aromatic carbocycles. The number of hydrogen-bond donors (Lipinski definition) is 1. The number of hydrogen-bond acceptors (Lipinski definition) is 3. The van der Waals surface area contributed by atoms with E-state index in [1.165, 1.54) is 0 Å². The van der Waals surface area contributed by atoms with Gasteiger partial charge in [0, 0.05) is 15.7 Å². The van der Waals surface area contributed by atoms with E-state index in [-0.39, 0.29) is 12.5 Å². The molecule has 114 valence electrons. The monoisotopic (exact) mass is 360 g/mol. The van der Waals surface area contributed by atoms with Gasteiger partial charge in [-0.2, -0.15) is 0 Å². The first-order valence-corrected chi connectivity index (χ1v) is 7.62. The summed E-state index contributed by atoms with van der Waals surface area (Å²) in [7, 11) is 0. The topological polar surface area (TPSA) is 50.7 Å². The molecule has 0 aliphatic rings. The van der Waals surface area contributed by atoms with Gasteiger partial charge in [0.1, 0.15) is 0 Å². The lowest BCUT2D eigenvalue weighted by Gasteiger charge is -2.08. The number of aryl methyl sites for hydroxylation is 2. The van der Waals surface area contributed by atoms with E-state index in [1.807, 2.05) is 56.3 Å². The van der Waals surface area contributed by atoms with Gasteiger partial charge in [-0.05, 0) is 37.1 Å². The van der Waals surface area contributed by atoms with Gasteiger partial charge in [0.15, 0.2) is 6.61 Å². The molecule has 0 aliphatic carbocycles. The predicted octanol–water partition coefficient (Wildman–Crippen LogP) is 4.06. The van der Waals surface area contributed by atoms with Crippen molar-refractivity contribution in [2.45, 2.75) is 13.8 Å². The Balaban J connectivity index is 1.86. The molecule has 22 heavy (non-hydrogen) atoms. The second-order valence-electron chi connectivity index (χ2n) is 4.90. The van der Waals surface area contributed by atoms with E-state index in [0.29, 0.717) is 0 Å². The average molecular weight is 361 g/mol. The average Bonchev–Trinajstić information content (AvgIpc) is 2.49. The Morgan fingerprint density at radius 3 is 2.82 bits per heavy atom. The molecule has 0 bridgehead atoms. The third kappa shape index (κ3) is 4.70. The largest absolute Gasteiger partial charge is 0.386 e. The van der Waals surface area contributed by atoms with Gasteiger partial charge < -0.3 is 10.2 Å². The summed E-state index contributed by atoms with van der Waals surface area (Å²) in [4.78, 5) is 16.9. The zero-order valence-electron chi connectivity index (χ0n) is 12.5. The molecular formula is C17H17BrN2O2. The first kappa shape index (κ1) is 16.2. The van der Waals surface area contributed by atoms with Crippen molar-refractivity contribution in [2.24, 2.45) is 5.16 Å². The van der Waals surface area contributed by atoms with Gasteiger partial charge >= 0.3 is 0 Å². The van der Waals surface area contributed by atoms with Crippen molar-refractivity contribution in [3.63, 3.8) is 0 Å². The van der Waals surface area contributed by atoms with Crippen LogP contribution in [0, 0.1) is 13.8 Å². The molecule has 0 radical (unpaired) electrons. The first-order valence-electron chi connectivity index (χ1n) is 6.83. The Morgan fingerprint density at radius 2 is 2.05 bits per heavy atom. The third-order valence-electron chi connectivity index (χ3n) is 3.03. The second kappa shape index (κ2) is 7.75. The molecule has 0 saturated heterocycles. The molecule has 0 aromatic heterocycles. The predicted molar refractivity (Wildman–Crippen MR) is 92.2 cm³/mol. The highest BCUT2D eigenvalue weighted by molar-refractivity contribution is 9.10. The van der Waals surface area contributed by atoms with Gasteiger partial charge in [-0.1, -0.05) is 51.4 Å². The van der Waals surface area contributed by atoms with Crippen molar-refractivity contribution in [2.75, 3.05) is 11.9 Å². The summed E-state index contributed by atoms with van der Waals surface area (Å²) in [6.07, 6.45) is 1.56. The van der Waals surface area contributed by atoms with Gasteiger partial charge in [0.05, 0.1) is 6.21 Å². The van der Waals surface area contributed by atoms with Crippen molar-refractivity contribution < 1.29 is 9.63 Å². The summed E-state index contributed by atoms with van der Waals surface area (Å²) in [6.45, 7) is 3.79.